The molecule has 1 saturated heterocycles. The maximum absolute atomic E-state index is 13.2. The van der Waals surface area contributed by atoms with E-state index in [9.17, 15) is 9.59 Å². The van der Waals surface area contributed by atoms with E-state index in [4.69, 9.17) is 5.21 Å². The molecule has 5 nitrogen and oxygen atoms in total. The highest BCUT2D eigenvalue weighted by Crippen LogP contribution is 2.38. The highest BCUT2D eigenvalue weighted by atomic mass is 16.5. The molecule has 0 aliphatic carbocycles. The predicted molar refractivity (Wildman–Crippen MR) is 92.7 cm³/mol. The fourth-order valence-corrected chi connectivity index (χ4v) is 3.50. The van der Waals surface area contributed by atoms with E-state index < -0.39 is 11.3 Å². The molecular weight excluding hydrogens is 304 g/mol. The Labute approximate surface area is 144 Å². The molecular formula is C19H28N2O3. The minimum Gasteiger partial charge on any atom is -0.338 e. The number of amides is 2. The number of benzene rings is 1. The maximum Gasteiger partial charge on any atom is 0.245 e. The second kappa shape index (κ2) is 7.34. The van der Waals surface area contributed by atoms with Crippen LogP contribution in [0.4, 0.5) is 0 Å². The zero-order chi connectivity index (χ0) is 17.9. The van der Waals surface area contributed by atoms with Crippen molar-refractivity contribution in [3.05, 3.63) is 35.4 Å². The van der Waals surface area contributed by atoms with Crippen LogP contribution in [0.2, 0.25) is 0 Å². The molecule has 0 bridgehead atoms. The van der Waals surface area contributed by atoms with E-state index in [1.54, 1.807) is 5.48 Å². The van der Waals surface area contributed by atoms with Crippen molar-refractivity contribution in [1.29, 1.82) is 0 Å². The number of nitrogens with zero attached hydrogens (tertiary/aromatic N) is 1. The molecule has 0 radical (unpaired) electrons. The van der Waals surface area contributed by atoms with E-state index in [-0.39, 0.29) is 24.3 Å². The van der Waals surface area contributed by atoms with Gasteiger partial charge in [0.2, 0.25) is 11.8 Å². The molecule has 132 valence electrons. The number of nitrogens with one attached hydrogen (secondary N) is 1. The van der Waals surface area contributed by atoms with E-state index in [2.05, 4.69) is 0 Å². The van der Waals surface area contributed by atoms with Crippen molar-refractivity contribution >= 4 is 11.8 Å². The quantitative estimate of drug-likeness (QED) is 0.622. The van der Waals surface area contributed by atoms with Crippen molar-refractivity contribution in [2.45, 2.75) is 58.4 Å². The Bertz CT molecular complexity index is 599. The van der Waals surface area contributed by atoms with Crippen molar-refractivity contribution in [1.82, 2.24) is 10.4 Å². The first kappa shape index (κ1) is 18.5. The predicted octanol–water partition coefficient (Wildman–Crippen LogP) is 2.80. The third-order valence-electron chi connectivity index (χ3n) is 5.49. The number of hydrogen-bond acceptors (Lipinski definition) is 3. The highest BCUT2D eigenvalue weighted by Gasteiger charge is 2.47. The molecule has 24 heavy (non-hydrogen) atoms. The van der Waals surface area contributed by atoms with Gasteiger partial charge in [-0.15, -0.1) is 0 Å². The molecule has 1 fully saturated rings. The molecule has 5 heteroatoms. The van der Waals surface area contributed by atoms with Gasteiger partial charge in [-0.3, -0.25) is 14.8 Å². The van der Waals surface area contributed by atoms with Crippen LogP contribution in [0, 0.1) is 12.8 Å². The molecule has 2 amide bonds. The largest absolute Gasteiger partial charge is 0.338 e. The van der Waals surface area contributed by atoms with Gasteiger partial charge in [-0.25, -0.2) is 5.48 Å². The van der Waals surface area contributed by atoms with Crippen molar-refractivity contribution < 1.29 is 14.8 Å². The Morgan fingerprint density at radius 2 is 2.00 bits per heavy atom. The van der Waals surface area contributed by atoms with Gasteiger partial charge in [0.25, 0.3) is 0 Å². The van der Waals surface area contributed by atoms with Crippen LogP contribution in [-0.4, -0.2) is 34.5 Å². The fourth-order valence-electron chi connectivity index (χ4n) is 3.50. The number of rotatable bonds is 6. The summed E-state index contributed by atoms with van der Waals surface area (Å²) >= 11 is 0. The Morgan fingerprint density at radius 3 is 2.54 bits per heavy atom. The lowest BCUT2D eigenvalue weighted by atomic mass is 9.80. The molecule has 1 aliphatic heterocycles. The maximum atomic E-state index is 13.2. The molecule has 3 atom stereocenters. The molecule has 3 unspecified atom stereocenters. The molecule has 2 rings (SSSR count). The lowest BCUT2D eigenvalue weighted by molar-refractivity contribution is -0.137. The first-order chi connectivity index (χ1) is 11.3. The SMILES string of the molecule is CCC(C)C(CC(=O)NO)N1CCC(C)(c2ccc(C)cc2)C1=O. The summed E-state index contributed by atoms with van der Waals surface area (Å²) in [7, 11) is 0. The van der Waals surface area contributed by atoms with Gasteiger partial charge in [0, 0.05) is 19.0 Å². The fraction of sp³-hybridized carbons (Fsp3) is 0.579. The molecule has 0 spiro atoms. The zero-order valence-corrected chi connectivity index (χ0v) is 15.0. The van der Waals surface area contributed by atoms with Gasteiger partial charge in [-0.2, -0.15) is 0 Å². The van der Waals surface area contributed by atoms with Crippen molar-refractivity contribution in [3.8, 4) is 0 Å². The molecule has 0 saturated carbocycles. The average Bonchev–Trinajstić information content (AvgIpc) is 2.88. The number of hydroxylamine groups is 1. The Kier molecular flexibility index (Phi) is 5.65. The second-order valence-electron chi connectivity index (χ2n) is 7.14. The Morgan fingerprint density at radius 1 is 1.38 bits per heavy atom. The van der Waals surface area contributed by atoms with Gasteiger partial charge in [0.05, 0.1) is 5.41 Å². The summed E-state index contributed by atoms with van der Waals surface area (Å²) < 4.78 is 0. The van der Waals surface area contributed by atoms with Crippen molar-refractivity contribution in [2.24, 2.45) is 5.92 Å². The van der Waals surface area contributed by atoms with E-state index >= 15 is 0 Å². The summed E-state index contributed by atoms with van der Waals surface area (Å²) in [4.78, 5) is 26.7. The molecule has 1 aliphatic rings. The normalized spacial score (nSPS) is 23.2. The van der Waals surface area contributed by atoms with Crippen LogP contribution in [0.1, 0.15) is 51.2 Å². The third-order valence-corrected chi connectivity index (χ3v) is 5.49. The molecule has 0 aromatic heterocycles. The number of aryl methyl sites for hydroxylation is 1. The number of hydrogen-bond donors (Lipinski definition) is 2. The Balaban J connectivity index is 2.27. The monoisotopic (exact) mass is 332 g/mol. The minimum atomic E-state index is -0.547. The summed E-state index contributed by atoms with van der Waals surface area (Å²) in [5, 5.41) is 8.85. The first-order valence-corrected chi connectivity index (χ1v) is 8.64. The summed E-state index contributed by atoms with van der Waals surface area (Å²) in [5.74, 6) is -0.189. The second-order valence-corrected chi connectivity index (χ2v) is 7.14. The van der Waals surface area contributed by atoms with Crippen molar-refractivity contribution in [3.63, 3.8) is 0 Å². The van der Waals surface area contributed by atoms with Gasteiger partial charge < -0.3 is 4.90 Å². The van der Waals surface area contributed by atoms with Crippen LogP contribution >= 0.6 is 0 Å². The number of likely N-dealkylation sites (tertiary alicyclic amines) is 1. The summed E-state index contributed by atoms with van der Waals surface area (Å²) in [6.07, 6.45) is 1.73. The summed E-state index contributed by atoms with van der Waals surface area (Å²) in [6, 6.07) is 7.91. The minimum absolute atomic E-state index is 0.0717. The van der Waals surface area contributed by atoms with Gasteiger partial charge in [-0.1, -0.05) is 50.1 Å². The standard InChI is InChI=1S/C19H28N2O3/c1-5-14(3)16(12-17(22)20-24)21-11-10-19(4,18(21)23)15-8-6-13(2)7-9-15/h6-9,14,16,24H,5,10-12H2,1-4H3,(H,20,22). The van der Waals surface area contributed by atoms with E-state index in [1.807, 2.05) is 56.9 Å². The Hall–Kier alpha value is -1.88. The molecule has 1 aromatic rings. The van der Waals surface area contributed by atoms with Gasteiger partial charge in [-0.05, 0) is 31.7 Å². The van der Waals surface area contributed by atoms with Gasteiger partial charge >= 0.3 is 0 Å². The van der Waals surface area contributed by atoms with E-state index in [0.717, 1.165) is 18.4 Å². The van der Waals surface area contributed by atoms with Gasteiger partial charge in [0.1, 0.15) is 0 Å². The zero-order valence-electron chi connectivity index (χ0n) is 15.0. The third kappa shape index (κ3) is 3.46. The van der Waals surface area contributed by atoms with Crippen molar-refractivity contribution in [2.75, 3.05) is 6.54 Å². The molecule has 1 heterocycles. The summed E-state index contributed by atoms with van der Waals surface area (Å²) in [5.41, 5.74) is 3.34. The van der Waals surface area contributed by atoms with Crippen LogP contribution in [0.5, 0.6) is 0 Å². The first-order valence-electron chi connectivity index (χ1n) is 8.64. The molecule has 1 aromatic carbocycles. The topological polar surface area (TPSA) is 69.6 Å². The summed E-state index contributed by atoms with van der Waals surface area (Å²) in [6.45, 7) is 8.75. The van der Waals surface area contributed by atoms with Crippen LogP contribution in [0.3, 0.4) is 0 Å². The van der Waals surface area contributed by atoms with E-state index in [1.165, 1.54) is 5.56 Å². The lowest BCUT2D eigenvalue weighted by Crippen LogP contribution is -2.46. The highest BCUT2D eigenvalue weighted by molar-refractivity contribution is 5.90. The van der Waals surface area contributed by atoms with Crippen LogP contribution in [-0.2, 0) is 15.0 Å². The van der Waals surface area contributed by atoms with Crippen LogP contribution < -0.4 is 5.48 Å². The van der Waals surface area contributed by atoms with E-state index in [0.29, 0.717) is 6.54 Å². The molecule has 2 N–H and O–H groups in total. The number of carbonyl (C=O) groups is 2. The lowest BCUT2D eigenvalue weighted by Gasteiger charge is -2.33. The van der Waals surface area contributed by atoms with Crippen LogP contribution in [0.15, 0.2) is 24.3 Å². The smallest absolute Gasteiger partial charge is 0.245 e. The van der Waals surface area contributed by atoms with Gasteiger partial charge in [0.15, 0.2) is 0 Å². The average molecular weight is 332 g/mol. The number of carbonyl (C=O) groups excluding carboxylic acids is 2. The van der Waals surface area contributed by atoms with Crippen LogP contribution in [0.25, 0.3) is 0 Å².